The Labute approximate surface area is 79.8 Å². The predicted octanol–water partition coefficient (Wildman–Crippen LogP) is 2.92. The molecule has 0 aliphatic heterocycles. The van der Waals surface area contributed by atoms with Crippen molar-refractivity contribution in [2.45, 2.75) is 20.8 Å². The van der Waals surface area contributed by atoms with E-state index < -0.39 is 0 Å². The average Bonchev–Trinajstić information content (AvgIpc) is 2.18. The Morgan fingerprint density at radius 2 is 2.08 bits per heavy atom. The maximum Gasteiger partial charge on any atom is 0.174 e. The highest BCUT2D eigenvalue weighted by Crippen LogP contribution is 2.11. The van der Waals surface area contributed by atoms with Crippen molar-refractivity contribution in [1.82, 2.24) is 0 Å². The number of hydrogen-bond acceptors (Lipinski definition) is 2. The standard InChI is InChI=1S/C9H9NO.C2H6/c1-8-3-2-4-9(7-8)11-6-5-10;1-2/h2-4,7H,6H2,1H3;1-2H3. The van der Waals surface area contributed by atoms with Crippen molar-refractivity contribution in [3.63, 3.8) is 0 Å². The number of aryl methyl sites for hydroxylation is 1. The van der Waals surface area contributed by atoms with E-state index in [1.165, 1.54) is 0 Å². The van der Waals surface area contributed by atoms with Crippen LogP contribution < -0.4 is 4.74 Å². The molecular weight excluding hydrogens is 162 g/mol. The second kappa shape index (κ2) is 7.17. The minimum atomic E-state index is 0.115. The highest BCUT2D eigenvalue weighted by atomic mass is 16.5. The van der Waals surface area contributed by atoms with Gasteiger partial charge in [0.15, 0.2) is 6.61 Å². The van der Waals surface area contributed by atoms with Crippen LogP contribution in [0.2, 0.25) is 0 Å². The van der Waals surface area contributed by atoms with Gasteiger partial charge in [-0.25, -0.2) is 0 Å². The summed E-state index contributed by atoms with van der Waals surface area (Å²) in [5, 5.41) is 8.22. The van der Waals surface area contributed by atoms with Crippen molar-refractivity contribution in [2.24, 2.45) is 0 Å². The molecule has 0 fully saturated rings. The van der Waals surface area contributed by atoms with Crippen molar-refractivity contribution in [3.05, 3.63) is 29.8 Å². The minimum Gasteiger partial charge on any atom is -0.479 e. The normalized spacial score (nSPS) is 7.85. The summed E-state index contributed by atoms with van der Waals surface area (Å²) in [7, 11) is 0. The van der Waals surface area contributed by atoms with Gasteiger partial charge in [0.05, 0.1) is 0 Å². The van der Waals surface area contributed by atoms with Crippen molar-refractivity contribution in [3.8, 4) is 11.8 Å². The van der Waals surface area contributed by atoms with Crippen LogP contribution in [0.4, 0.5) is 0 Å². The number of benzene rings is 1. The molecule has 0 N–H and O–H groups in total. The molecule has 0 atom stereocenters. The lowest BCUT2D eigenvalue weighted by atomic mass is 10.2. The molecule has 0 saturated heterocycles. The fourth-order valence-corrected chi connectivity index (χ4v) is 0.821. The van der Waals surface area contributed by atoms with Crippen LogP contribution in [0.1, 0.15) is 19.4 Å². The number of nitrogens with zero attached hydrogens (tertiary/aromatic N) is 1. The summed E-state index contributed by atoms with van der Waals surface area (Å²) >= 11 is 0. The van der Waals surface area contributed by atoms with Crippen LogP contribution in [0.15, 0.2) is 24.3 Å². The van der Waals surface area contributed by atoms with Gasteiger partial charge in [0.25, 0.3) is 0 Å². The number of ether oxygens (including phenoxy) is 1. The molecule has 0 aliphatic rings. The van der Waals surface area contributed by atoms with E-state index in [0.29, 0.717) is 0 Å². The lowest BCUT2D eigenvalue weighted by Gasteiger charge is -2.00. The van der Waals surface area contributed by atoms with Gasteiger partial charge in [0.2, 0.25) is 0 Å². The largest absolute Gasteiger partial charge is 0.479 e. The maximum atomic E-state index is 8.22. The molecule has 0 radical (unpaired) electrons. The van der Waals surface area contributed by atoms with Gasteiger partial charge in [-0.3, -0.25) is 0 Å². The van der Waals surface area contributed by atoms with Gasteiger partial charge in [-0.1, -0.05) is 26.0 Å². The number of nitriles is 1. The second-order valence-corrected chi connectivity index (χ2v) is 2.26. The fraction of sp³-hybridized carbons (Fsp3) is 0.364. The Morgan fingerprint density at radius 1 is 1.38 bits per heavy atom. The zero-order valence-electron chi connectivity index (χ0n) is 8.37. The second-order valence-electron chi connectivity index (χ2n) is 2.26. The zero-order chi connectivity index (χ0) is 10.1. The topological polar surface area (TPSA) is 33.0 Å². The quantitative estimate of drug-likeness (QED) is 0.695. The van der Waals surface area contributed by atoms with Crippen molar-refractivity contribution < 1.29 is 4.74 Å². The summed E-state index contributed by atoms with van der Waals surface area (Å²) in [6.07, 6.45) is 0. The maximum absolute atomic E-state index is 8.22. The fourth-order valence-electron chi connectivity index (χ4n) is 0.821. The van der Waals surface area contributed by atoms with E-state index >= 15 is 0 Å². The molecular formula is C11H15NO. The third-order valence-electron chi connectivity index (χ3n) is 1.29. The lowest BCUT2D eigenvalue weighted by Crippen LogP contribution is -1.92. The van der Waals surface area contributed by atoms with Crippen molar-refractivity contribution in [2.75, 3.05) is 6.61 Å². The summed E-state index contributed by atoms with van der Waals surface area (Å²) in [6, 6.07) is 9.54. The molecule has 0 amide bonds. The van der Waals surface area contributed by atoms with Gasteiger partial charge in [-0.15, -0.1) is 0 Å². The van der Waals surface area contributed by atoms with E-state index in [1.54, 1.807) is 0 Å². The number of hydrogen-bond donors (Lipinski definition) is 0. The van der Waals surface area contributed by atoms with Gasteiger partial charge in [0.1, 0.15) is 11.8 Å². The molecule has 1 aromatic carbocycles. The SMILES string of the molecule is CC.Cc1cccc(OCC#N)c1. The monoisotopic (exact) mass is 177 g/mol. The van der Waals surface area contributed by atoms with Gasteiger partial charge >= 0.3 is 0 Å². The molecule has 0 aromatic heterocycles. The van der Waals surface area contributed by atoms with E-state index in [1.807, 2.05) is 51.1 Å². The molecule has 2 nitrogen and oxygen atoms in total. The molecule has 70 valence electrons. The van der Waals surface area contributed by atoms with Crippen LogP contribution in [-0.4, -0.2) is 6.61 Å². The summed E-state index contributed by atoms with van der Waals surface area (Å²) in [4.78, 5) is 0. The van der Waals surface area contributed by atoms with E-state index in [-0.39, 0.29) is 6.61 Å². The summed E-state index contributed by atoms with van der Waals surface area (Å²) < 4.78 is 5.07. The Bertz CT molecular complexity index is 276. The first-order valence-electron chi connectivity index (χ1n) is 4.39. The molecule has 0 spiro atoms. The van der Waals surface area contributed by atoms with Gasteiger partial charge in [-0.05, 0) is 24.6 Å². The molecule has 13 heavy (non-hydrogen) atoms. The van der Waals surface area contributed by atoms with Crippen LogP contribution in [0.3, 0.4) is 0 Å². The summed E-state index contributed by atoms with van der Waals surface area (Å²) in [5.74, 6) is 0.756. The Hall–Kier alpha value is -1.49. The van der Waals surface area contributed by atoms with Crippen LogP contribution in [-0.2, 0) is 0 Å². The molecule has 0 bridgehead atoms. The number of rotatable bonds is 2. The molecule has 0 heterocycles. The highest BCUT2D eigenvalue weighted by Gasteiger charge is 1.90. The van der Waals surface area contributed by atoms with Gasteiger partial charge in [0, 0.05) is 0 Å². The molecule has 1 rings (SSSR count). The molecule has 1 aromatic rings. The van der Waals surface area contributed by atoms with Crippen LogP contribution in [0, 0.1) is 18.3 Å². The zero-order valence-corrected chi connectivity index (χ0v) is 8.37. The van der Waals surface area contributed by atoms with E-state index in [0.717, 1.165) is 11.3 Å². The highest BCUT2D eigenvalue weighted by molar-refractivity contribution is 5.27. The minimum absolute atomic E-state index is 0.115. The first-order valence-corrected chi connectivity index (χ1v) is 4.39. The molecule has 2 heteroatoms. The van der Waals surface area contributed by atoms with Gasteiger partial charge in [-0.2, -0.15) is 5.26 Å². The smallest absolute Gasteiger partial charge is 0.174 e. The first-order chi connectivity index (χ1) is 6.33. The van der Waals surface area contributed by atoms with Crippen molar-refractivity contribution >= 4 is 0 Å². The Balaban J connectivity index is 0.000000671. The molecule has 0 aliphatic carbocycles. The molecule has 0 unspecified atom stereocenters. The van der Waals surface area contributed by atoms with Gasteiger partial charge < -0.3 is 4.74 Å². The van der Waals surface area contributed by atoms with Crippen LogP contribution >= 0.6 is 0 Å². The predicted molar refractivity (Wildman–Crippen MR) is 53.6 cm³/mol. The van der Waals surface area contributed by atoms with E-state index in [4.69, 9.17) is 10.00 Å². The third kappa shape index (κ3) is 4.86. The van der Waals surface area contributed by atoms with E-state index in [9.17, 15) is 0 Å². The van der Waals surface area contributed by atoms with Crippen molar-refractivity contribution in [1.29, 1.82) is 5.26 Å². The van der Waals surface area contributed by atoms with Crippen LogP contribution in [0.5, 0.6) is 5.75 Å². The lowest BCUT2D eigenvalue weighted by molar-refractivity contribution is 0.368. The molecule has 0 saturated carbocycles. The first kappa shape index (κ1) is 11.5. The Morgan fingerprint density at radius 3 is 2.62 bits per heavy atom. The summed E-state index contributed by atoms with van der Waals surface area (Å²) in [6.45, 7) is 6.10. The average molecular weight is 177 g/mol. The Kier molecular flexibility index (Phi) is 6.35. The van der Waals surface area contributed by atoms with E-state index in [2.05, 4.69) is 0 Å². The summed E-state index contributed by atoms with van der Waals surface area (Å²) in [5.41, 5.74) is 1.14. The van der Waals surface area contributed by atoms with Crippen LogP contribution in [0.25, 0.3) is 0 Å². The third-order valence-corrected chi connectivity index (χ3v) is 1.29.